The number of imide groups is 1. The van der Waals surface area contributed by atoms with Gasteiger partial charge in [0.15, 0.2) is 5.82 Å². The van der Waals surface area contributed by atoms with Gasteiger partial charge >= 0.3 is 0 Å². The molecule has 2 heterocycles. The number of aromatic nitrogens is 4. The zero-order valence-corrected chi connectivity index (χ0v) is 15.5. The fraction of sp³-hybridized carbons (Fsp3) is 0.136. The molecule has 0 spiro atoms. The molecule has 0 saturated carbocycles. The maximum atomic E-state index is 12.4. The fourth-order valence-corrected chi connectivity index (χ4v) is 3.68. The van der Waals surface area contributed by atoms with Crippen molar-refractivity contribution in [3.8, 4) is 0 Å². The molecule has 3 aromatic carbocycles. The minimum absolute atomic E-state index is 0.228. The van der Waals surface area contributed by atoms with Crippen LogP contribution in [0.5, 0.6) is 0 Å². The van der Waals surface area contributed by atoms with Crippen molar-refractivity contribution in [3.05, 3.63) is 89.2 Å². The molecule has 7 nitrogen and oxygen atoms in total. The average Bonchev–Trinajstić information content (AvgIpc) is 3.30. The van der Waals surface area contributed by atoms with Crippen molar-refractivity contribution < 1.29 is 9.59 Å². The molecule has 1 aromatic heterocycles. The lowest BCUT2D eigenvalue weighted by Crippen LogP contribution is -2.32. The van der Waals surface area contributed by atoms with Gasteiger partial charge in [-0.15, -0.1) is 10.2 Å². The molecule has 0 bridgehead atoms. The Bertz CT molecular complexity index is 1210. The predicted octanol–water partition coefficient (Wildman–Crippen LogP) is 2.71. The lowest BCUT2D eigenvalue weighted by Gasteiger charge is -2.11. The van der Waals surface area contributed by atoms with Gasteiger partial charge in [-0.3, -0.25) is 14.5 Å². The number of benzene rings is 3. The number of tetrazole rings is 1. The summed E-state index contributed by atoms with van der Waals surface area (Å²) in [5.41, 5.74) is 2.00. The van der Waals surface area contributed by atoms with Crippen LogP contribution >= 0.6 is 0 Å². The SMILES string of the molecule is O=C1c2ccccc2C(=O)N1CCc1nnn(Cc2cccc3ccccc23)n1. The van der Waals surface area contributed by atoms with Gasteiger partial charge in [0, 0.05) is 13.0 Å². The molecule has 29 heavy (non-hydrogen) atoms. The summed E-state index contributed by atoms with van der Waals surface area (Å²) in [6.07, 6.45) is 0.362. The van der Waals surface area contributed by atoms with E-state index in [1.165, 1.54) is 4.90 Å². The summed E-state index contributed by atoms with van der Waals surface area (Å²) in [6.45, 7) is 0.730. The molecule has 2 amide bonds. The first kappa shape index (κ1) is 17.2. The van der Waals surface area contributed by atoms with Gasteiger partial charge in [-0.2, -0.15) is 4.80 Å². The Labute approximate surface area is 166 Å². The minimum atomic E-state index is -0.270. The molecule has 5 rings (SSSR count). The van der Waals surface area contributed by atoms with Gasteiger partial charge in [0.05, 0.1) is 17.7 Å². The Balaban J connectivity index is 1.29. The number of hydrogen-bond acceptors (Lipinski definition) is 5. The summed E-state index contributed by atoms with van der Waals surface area (Å²) in [4.78, 5) is 27.7. The van der Waals surface area contributed by atoms with E-state index in [0.29, 0.717) is 29.9 Å². The highest BCUT2D eigenvalue weighted by molar-refractivity contribution is 6.21. The highest BCUT2D eigenvalue weighted by atomic mass is 16.2. The number of nitrogens with zero attached hydrogens (tertiary/aromatic N) is 5. The smallest absolute Gasteiger partial charge is 0.261 e. The van der Waals surface area contributed by atoms with Gasteiger partial charge in [0.1, 0.15) is 0 Å². The first-order valence-corrected chi connectivity index (χ1v) is 9.39. The molecule has 0 fully saturated rings. The molecular formula is C22H17N5O2. The summed E-state index contributed by atoms with van der Waals surface area (Å²) >= 11 is 0. The second-order valence-corrected chi connectivity index (χ2v) is 6.93. The normalized spacial score (nSPS) is 13.3. The molecule has 4 aromatic rings. The lowest BCUT2D eigenvalue weighted by atomic mass is 10.1. The van der Waals surface area contributed by atoms with Crippen LogP contribution in [0.3, 0.4) is 0 Å². The third kappa shape index (κ3) is 3.06. The van der Waals surface area contributed by atoms with Crippen molar-refractivity contribution in [2.75, 3.05) is 6.54 Å². The summed E-state index contributed by atoms with van der Waals surface area (Å²) in [6, 6.07) is 21.2. The number of carbonyl (C=O) groups excluding carboxylic acids is 2. The number of carbonyl (C=O) groups is 2. The van der Waals surface area contributed by atoms with Crippen LogP contribution in [0.15, 0.2) is 66.7 Å². The van der Waals surface area contributed by atoms with E-state index < -0.39 is 0 Å². The van der Waals surface area contributed by atoms with Crippen LogP contribution in [0.2, 0.25) is 0 Å². The van der Waals surface area contributed by atoms with E-state index in [1.54, 1.807) is 29.1 Å². The van der Waals surface area contributed by atoms with Crippen molar-refractivity contribution in [1.82, 2.24) is 25.1 Å². The van der Waals surface area contributed by atoms with Crippen LogP contribution in [-0.4, -0.2) is 43.5 Å². The van der Waals surface area contributed by atoms with E-state index in [2.05, 4.69) is 33.6 Å². The van der Waals surface area contributed by atoms with Crippen LogP contribution in [0.1, 0.15) is 32.1 Å². The monoisotopic (exact) mass is 383 g/mol. The van der Waals surface area contributed by atoms with Gasteiger partial charge in [-0.25, -0.2) is 0 Å². The number of amides is 2. The van der Waals surface area contributed by atoms with Crippen molar-refractivity contribution in [2.45, 2.75) is 13.0 Å². The summed E-state index contributed by atoms with van der Waals surface area (Å²) in [7, 11) is 0. The molecule has 0 aliphatic carbocycles. The summed E-state index contributed by atoms with van der Waals surface area (Å²) in [5.74, 6) is -0.0377. The largest absolute Gasteiger partial charge is 0.274 e. The van der Waals surface area contributed by atoms with Crippen LogP contribution in [0.25, 0.3) is 10.8 Å². The third-order valence-corrected chi connectivity index (χ3v) is 5.12. The fourth-order valence-electron chi connectivity index (χ4n) is 3.68. The molecule has 142 valence electrons. The molecule has 0 atom stereocenters. The van der Waals surface area contributed by atoms with Crippen LogP contribution in [-0.2, 0) is 13.0 Å². The van der Waals surface area contributed by atoms with E-state index in [9.17, 15) is 9.59 Å². The van der Waals surface area contributed by atoms with E-state index in [1.807, 2.05) is 24.3 Å². The zero-order chi connectivity index (χ0) is 19.8. The van der Waals surface area contributed by atoms with Gasteiger partial charge in [-0.05, 0) is 33.7 Å². The highest BCUT2D eigenvalue weighted by Gasteiger charge is 2.34. The quantitative estimate of drug-likeness (QED) is 0.495. The van der Waals surface area contributed by atoms with Gasteiger partial charge in [-0.1, -0.05) is 54.6 Å². The van der Waals surface area contributed by atoms with Crippen molar-refractivity contribution in [3.63, 3.8) is 0 Å². The van der Waals surface area contributed by atoms with Crippen LogP contribution in [0.4, 0.5) is 0 Å². The Kier molecular flexibility index (Phi) is 4.13. The summed E-state index contributed by atoms with van der Waals surface area (Å²) < 4.78 is 0. The summed E-state index contributed by atoms with van der Waals surface area (Å²) in [5, 5.41) is 14.9. The predicted molar refractivity (Wildman–Crippen MR) is 106 cm³/mol. The molecule has 1 aliphatic heterocycles. The highest BCUT2D eigenvalue weighted by Crippen LogP contribution is 2.22. The number of hydrogen-bond donors (Lipinski definition) is 0. The first-order chi connectivity index (χ1) is 14.2. The van der Waals surface area contributed by atoms with Crippen molar-refractivity contribution >= 4 is 22.6 Å². The van der Waals surface area contributed by atoms with E-state index in [-0.39, 0.29) is 18.4 Å². The standard InChI is InChI=1S/C22H17N5O2/c28-21-18-10-3-4-11-19(18)22(29)26(21)13-12-20-23-25-27(24-20)14-16-8-5-7-15-6-1-2-9-17(15)16/h1-11H,12-14H2. The molecule has 7 heteroatoms. The first-order valence-electron chi connectivity index (χ1n) is 9.39. The molecular weight excluding hydrogens is 366 g/mol. The topological polar surface area (TPSA) is 81.0 Å². The molecule has 0 N–H and O–H groups in total. The average molecular weight is 383 g/mol. The number of rotatable bonds is 5. The van der Waals surface area contributed by atoms with Gasteiger partial charge in [0.2, 0.25) is 0 Å². The lowest BCUT2D eigenvalue weighted by molar-refractivity contribution is 0.0655. The maximum absolute atomic E-state index is 12.4. The Morgan fingerprint density at radius 3 is 2.28 bits per heavy atom. The van der Waals surface area contributed by atoms with E-state index in [4.69, 9.17) is 0 Å². The zero-order valence-electron chi connectivity index (χ0n) is 15.5. The van der Waals surface area contributed by atoms with Crippen LogP contribution in [0, 0.1) is 0 Å². The van der Waals surface area contributed by atoms with E-state index in [0.717, 1.165) is 16.3 Å². The molecule has 0 radical (unpaired) electrons. The van der Waals surface area contributed by atoms with Crippen LogP contribution < -0.4 is 0 Å². The Morgan fingerprint density at radius 1 is 0.793 bits per heavy atom. The Morgan fingerprint density at radius 2 is 1.48 bits per heavy atom. The van der Waals surface area contributed by atoms with Gasteiger partial charge < -0.3 is 0 Å². The minimum Gasteiger partial charge on any atom is -0.274 e. The molecule has 0 unspecified atom stereocenters. The van der Waals surface area contributed by atoms with Crippen molar-refractivity contribution in [2.24, 2.45) is 0 Å². The second-order valence-electron chi connectivity index (χ2n) is 6.93. The maximum Gasteiger partial charge on any atom is 0.261 e. The number of fused-ring (bicyclic) bond motifs is 2. The Hall–Kier alpha value is -3.87. The van der Waals surface area contributed by atoms with E-state index >= 15 is 0 Å². The molecule has 0 saturated heterocycles. The van der Waals surface area contributed by atoms with Gasteiger partial charge in [0.25, 0.3) is 11.8 Å². The second kappa shape index (κ2) is 6.94. The van der Waals surface area contributed by atoms with Crippen molar-refractivity contribution in [1.29, 1.82) is 0 Å². The third-order valence-electron chi connectivity index (χ3n) is 5.12. The molecule has 1 aliphatic rings.